The van der Waals surface area contributed by atoms with E-state index in [9.17, 15) is 4.79 Å². The Kier molecular flexibility index (Phi) is 4.96. The van der Waals surface area contributed by atoms with E-state index in [0.29, 0.717) is 5.84 Å². The van der Waals surface area contributed by atoms with Crippen molar-refractivity contribution in [2.75, 3.05) is 0 Å². The fourth-order valence-electron chi connectivity index (χ4n) is 2.24. The molecule has 3 N–H and O–H groups in total. The Balaban J connectivity index is 1.95. The summed E-state index contributed by atoms with van der Waals surface area (Å²) in [7, 11) is 0. The maximum atomic E-state index is 11.8. The number of hydrogen-bond acceptors (Lipinski definition) is 2. The minimum absolute atomic E-state index is 0.0107. The summed E-state index contributed by atoms with van der Waals surface area (Å²) in [4.78, 5) is 16.9. The van der Waals surface area contributed by atoms with E-state index < -0.39 is 0 Å². The smallest absolute Gasteiger partial charge is 0.284 e. The topological polar surface area (TPSA) is 66.3 Å². The van der Waals surface area contributed by atoms with Gasteiger partial charge in [0.2, 0.25) is 0 Å². The maximum Gasteiger partial charge on any atom is 0.360 e. The molecule has 1 aliphatic carbocycles. The fraction of sp³-hybridized carbons (Fsp3) is 0.429. The van der Waals surface area contributed by atoms with Crippen LogP contribution in [0, 0.1) is 5.92 Å². The summed E-state index contributed by atoms with van der Waals surface area (Å²) in [6.45, 7) is 0. The molecule has 0 radical (unpaired) electrons. The third kappa shape index (κ3) is 4.06. The summed E-state index contributed by atoms with van der Waals surface area (Å²) < 4.78 is 0.924. The highest BCUT2D eigenvalue weighted by Gasteiger charge is 2.23. The van der Waals surface area contributed by atoms with Crippen molar-refractivity contribution in [2.24, 2.45) is 11.7 Å². The highest BCUT2D eigenvalue weighted by Crippen LogP contribution is 2.23. The van der Waals surface area contributed by atoms with Crippen LogP contribution in [0.4, 0.5) is 0 Å². The van der Waals surface area contributed by atoms with Gasteiger partial charge >= 0.3 is 11.8 Å². The van der Waals surface area contributed by atoms with Crippen molar-refractivity contribution in [3.63, 3.8) is 0 Å². The lowest BCUT2D eigenvalue weighted by atomic mass is 9.89. The van der Waals surface area contributed by atoms with Crippen molar-refractivity contribution in [1.29, 1.82) is 0 Å². The van der Waals surface area contributed by atoms with E-state index in [1.54, 1.807) is 0 Å². The molecule has 19 heavy (non-hydrogen) atoms. The number of amidine groups is 1. The molecule has 1 aromatic carbocycles. The Labute approximate surface area is 121 Å². The van der Waals surface area contributed by atoms with Gasteiger partial charge in [-0.25, -0.2) is 4.79 Å². The second-order valence-electron chi connectivity index (χ2n) is 4.78. The number of hydrogen-bond donors (Lipinski definition) is 2. The van der Waals surface area contributed by atoms with Crippen LogP contribution in [0.2, 0.25) is 0 Å². The van der Waals surface area contributed by atoms with Crippen molar-refractivity contribution in [1.82, 2.24) is 0 Å². The van der Waals surface area contributed by atoms with Crippen LogP contribution in [0.15, 0.2) is 28.7 Å². The van der Waals surface area contributed by atoms with Crippen LogP contribution in [-0.4, -0.2) is 11.8 Å². The molecule has 1 aromatic rings. The molecular weight excluding hydrogens is 308 g/mol. The first-order chi connectivity index (χ1) is 9.16. The molecule has 0 amide bonds. The zero-order valence-electron chi connectivity index (χ0n) is 10.7. The molecular formula is C14H18BrN2O2+. The Morgan fingerprint density at radius 3 is 2.74 bits per heavy atom. The quantitative estimate of drug-likeness (QED) is 0.381. The molecule has 5 heteroatoms. The summed E-state index contributed by atoms with van der Waals surface area (Å²) >= 11 is 3.37. The van der Waals surface area contributed by atoms with Crippen LogP contribution in [-0.2, 0) is 9.63 Å². The first-order valence-electron chi connectivity index (χ1n) is 6.52. The molecule has 0 atom stereocenters. The number of carbonyl (C=O) groups excluding carboxylic acids is 1. The van der Waals surface area contributed by atoms with E-state index in [2.05, 4.69) is 21.1 Å². The molecule has 4 nitrogen and oxygen atoms in total. The molecule has 0 spiro atoms. The van der Waals surface area contributed by atoms with Gasteiger partial charge in [-0.1, -0.05) is 46.4 Å². The van der Waals surface area contributed by atoms with Crippen LogP contribution in [0.25, 0.3) is 0 Å². The Morgan fingerprint density at radius 1 is 1.32 bits per heavy atom. The highest BCUT2D eigenvalue weighted by molar-refractivity contribution is 9.10. The molecule has 1 aliphatic rings. The molecule has 102 valence electrons. The number of benzene rings is 1. The van der Waals surface area contributed by atoms with Crippen LogP contribution >= 0.6 is 15.9 Å². The molecule has 0 aromatic heterocycles. The van der Waals surface area contributed by atoms with Crippen LogP contribution in [0.3, 0.4) is 0 Å². The first kappa shape index (κ1) is 14.1. The SMILES string of the molecule is NC(=[NH+]OC(=O)C1CCCCC1)c1cccc(Br)c1. The highest BCUT2D eigenvalue weighted by atomic mass is 79.9. The van der Waals surface area contributed by atoms with Crippen LogP contribution in [0.5, 0.6) is 0 Å². The number of nitrogens with two attached hydrogens (primary N) is 1. The van der Waals surface area contributed by atoms with Crippen LogP contribution in [0.1, 0.15) is 37.7 Å². The Morgan fingerprint density at radius 2 is 2.05 bits per heavy atom. The van der Waals surface area contributed by atoms with Gasteiger partial charge in [0, 0.05) is 4.47 Å². The summed E-state index contributed by atoms with van der Waals surface area (Å²) in [5.41, 5.74) is 6.63. The number of nitrogens with one attached hydrogen (secondary N) is 1. The summed E-state index contributed by atoms with van der Waals surface area (Å²) in [6.07, 6.45) is 5.24. The van der Waals surface area contributed by atoms with Gasteiger partial charge in [-0.3, -0.25) is 10.6 Å². The fourth-order valence-corrected chi connectivity index (χ4v) is 2.64. The van der Waals surface area contributed by atoms with E-state index in [4.69, 9.17) is 10.6 Å². The van der Waals surface area contributed by atoms with E-state index in [1.165, 1.54) is 6.42 Å². The van der Waals surface area contributed by atoms with E-state index >= 15 is 0 Å². The molecule has 0 bridgehead atoms. The van der Waals surface area contributed by atoms with Crippen molar-refractivity contribution in [3.05, 3.63) is 34.3 Å². The average molecular weight is 326 g/mol. The molecule has 1 fully saturated rings. The van der Waals surface area contributed by atoms with E-state index in [-0.39, 0.29) is 11.9 Å². The van der Waals surface area contributed by atoms with E-state index in [0.717, 1.165) is 35.7 Å². The van der Waals surface area contributed by atoms with Crippen molar-refractivity contribution < 1.29 is 14.8 Å². The van der Waals surface area contributed by atoms with Crippen molar-refractivity contribution in [3.8, 4) is 0 Å². The number of halogens is 1. The van der Waals surface area contributed by atoms with Gasteiger partial charge in [-0.15, -0.1) is 0 Å². The molecule has 2 rings (SSSR count). The minimum atomic E-state index is -0.211. The number of nitrogen functional groups attached to an aromatic ring is 1. The average Bonchev–Trinajstić information content (AvgIpc) is 2.45. The largest absolute Gasteiger partial charge is 0.360 e. The van der Waals surface area contributed by atoms with Gasteiger partial charge in [-0.2, -0.15) is 0 Å². The van der Waals surface area contributed by atoms with Gasteiger partial charge in [0.25, 0.3) is 0 Å². The summed E-state index contributed by atoms with van der Waals surface area (Å²) in [5, 5.41) is 2.55. The zero-order valence-corrected chi connectivity index (χ0v) is 12.3. The lowest BCUT2D eigenvalue weighted by Gasteiger charge is -2.17. The third-order valence-corrected chi connectivity index (χ3v) is 3.83. The normalized spacial score (nSPS) is 17.2. The monoisotopic (exact) mass is 325 g/mol. The van der Waals surface area contributed by atoms with Gasteiger partial charge in [0.1, 0.15) is 0 Å². The second kappa shape index (κ2) is 6.70. The van der Waals surface area contributed by atoms with Gasteiger partial charge in [0.05, 0.1) is 11.5 Å². The van der Waals surface area contributed by atoms with Crippen LogP contribution < -0.4 is 10.9 Å². The molecule has 0 aliphatic heterocycles. The Bertz CT molecular complexity index is 482. The van der Waals surface area contributed by atoms with Gasteiger partial charge in [-0.05, 0) is 31.0 Å². The summed E-state index contributed by atoms with van der Waals surface area (Å²) in [6, 6.07) is 7.49. The minimum Gasteiger partial charge on any atom is -0.284 e. The van der Waals surface area contributed by atoms with Gasteiger partial charge < -0.3 is 0 Å². The molecule has 0 heterocycles. The lowest BCUT2D eigenvalue weighted by Crippen LogP contribution is -2.76. The lowest BCUT2D eigenvalue weighted by molar-refractivity contribution is -0.724. The molecule has 0 saturated heterocycles. The first-order valence-corrected chi connectivity index (χ1v) is 7.31. The van der Waals surface area contributed by atoms with Crippen molar-refractivity contribution >= 4 is 27.7 Å². The van der Waals surface area contributed by atoms with E-state index in [1.807, 2.05) is 24.3 Å². The third-order valence-electron chi connectivity index (χ3n) is 3.34. The maximum absolute atomic E-state index is 11.8. The standard InChI is InChI=1S/C14H17BrN2O2/c15-12-8-4-7-11(9-12)13(16)17-19-14(18)10-5-2-1-3-6-10/h4,7-10H,1-3,5-6H2,(H2,16,17)/p+1. The number of rotatable bonds is 3. The predicted octanol–water partition coefficient (Wildman–Crippen LogP) is 1.27. The van der Waals surface area contributed by atoms with Crippen molar-refractivity contribution in [2.45, 2.75) is 32.1 Å². The van der Waals surface area contributed by atoms with Gasteiger partial charge in [0.15, 0.2) is 0 Å². The zero-order chi connectivity index (χ0) is 13.7. The second-order valence-corrected chi connectivity index (χ2v) is 5.70. The molecule has 0 unspecified atom stereocenters. The Hall–Kier alpha value is -1.36. The predicted molar refractivity (Wildman–Crippen MR) is 76.1 cm³/mol. The number of carbonyl (C=O) groups is 1. The molecule has 1 saturated carbocycles. The summed E-state index contributed by atoms with van der Waals surface area (Å²) in [5.74, 6) is 0.139.